The molecule has 2 aromatic carbocycles. The molecule has 29 heavy (non-hydrogen) atoms. The number of nitrogens with two attached hydrogens (primary N) is 1. The van der Waals surface area contributed by atoms with Gasteiger partial charge in [-0.1, -0.05) is 61.9 Å². The number of benzene rings is 2. The van der Waals surface area contributed by atoms with Crippen LogP contribution in [-0.2, 0) is 4.79 Å². The summed E-state index contributed by atoms with van der Waals surface area (Å²) in [7, 11) is 0. The van der Waals surface area contributed by atoms with Gasteiger partial charge < -0.3 is 16.4 Å². The number of amides is 2. The Morgan fingerprint density at radius 2 is 1.59 bits per heavy atom. The minimum absolute atomic E-state index is 0. The van der Waals surface area contributed by atoms with E-state index in [0.29, 0.717) is 12.1 Å². The zero-order valence-electron chi connectivity index (χ0n) is 17.4. The topological polar surface area (TPSA) is 84.2 Å². The molecule has 0 radical (unpaired) electrons. The van der Waals surface area contributed by atoms with Gasteiger partial charge in [-0.25, -0.2) is 0 Å². The molecular weight excluding hydrogens is 386 g/mol. The molecule has 2 amide bonds. The van der Waals surface area contributed by atoms with Crippen LogP contribution in [0.25, 0.3) is 0 Å². The molecule has 0 aliphatic heterocycles. The Bertz CT molecular complexity index is 766. The molecule has 2 rings (SSSR count). The predicted molar refractivity (Wildman–Crippen MR) is 120 cm³/mol. The molecule has 0 saturated heterocycles. The van der Waals surface area contributed by atoms with E-state index < -0.39 is 11.6 Å². The van der Waals surface area contributed by atoms with E-state index in [0.717, 1.165) is 24.0 Å². The second kappa shape index (κ2) is 11.6. The molecule has 1 unspecified atom stereocenters. The smallest absolute Gasteiger partial charge is 0.251 e. The molecule has 0 spiro atoms. The van der Waals surface area contributed by atoms with E-state index in [-0.39, 0.29) is 30.6 Å². The van der Waals surface area contributed by atoms with Gasteiger partial charge in [0.05, 0.1) is 18.0 Å². The summed E-state index contributed by atoms with van der Waals surface area (Å²) in [6.45, 7) is 6.40. The maximum absolute atomic E-state index is 12.8. The van der Waals surface area contributed by atoms with Crippen LogP contribution in [0, 0.1) is 6.92 Å². The molecule has 0 fully saturated rings. The van der Waals surface area contributed by atoms with E-state index in [1.54, 1.807) is 12.1 Å². The van der Waals surface area contributed by atoms with Gasteiger partial charge in [0.2, 0.25) is 5.91 Å². The van der Waals surface area contributed by atoms with Crippen LogP contribution in [0.4, 0.5) is 0 Å². The summed E-state index contributed by atoms with van der Waals surface area (Å²) in [5.74, 6) is -0.315. The Hall–Kier alpha value is -2.37. The van der Waals surface area contributed by atoms with Crippen LogP contribution in [0.2, 0.25) is 0 Å². The Morgan fingerprint density at radius 3 is 2.10 bits per heavy atom. The monoisotopic (exact) mass is 417 g/mol. The van der Waals surface area contributed by atoms with Crippen LogP contribution in [0.1, 0.15) is 60.6 Å². The Morgan fingerprint density at radius 1 is 1.00 bits per heavy atom. The van der Waals surface area contributed by atoms with Gasteiger partial charge in [-0.05, 0) is 37.5 Å². The van der Waals surface area contributed by atoms with E-state index in [4.69, 9.17) is 5.73 Å². The summed E-state index contributed by atoms with van der Waals surface area (Å²) >= 11 is 0. The first-order chi connectivity index (χ1) is 13.4. The highest BCUT2D eigenvalue weighted by Gasteiger charge is 2.28. The lowest BCUT2D eigenvalue weighted by atomic mass is 9.92. The van der Waals surface area contributed by atoms with Crippen LogP contribution in [0.5, 0.6) is 0 Å². The van der Waals surface area contributed by atoms with Crippen molar-refractivity contribution >= 4 is 24.2 Å². The van der Waals surface area contributed by atoms with Gasteiger partial charge in [0, 0.05) is 12.1 Å². The highest BCUT2D eigenvalue weighted by molar-refractivity contribution is 5.94. The SMILES string of the molecule is CCC(CC)(CN)NC(=O)CC(NC(=O)c1ccc(C)cc1)c1ccccc1.Cl. The number of rotatable bonds is 9. The fraction of sp³-hybridized carbons (Fsp3) is 0.391. The van der Waals surface area contributed by atoms with Crippen LogP contribution in [0.3, 0.4) is 0 Å². The van der Waals surface area contributed by atoms with Crippen molar-refractivity contribution in [3.05, 3.63) is 71.3 Å². The number of carbonyl (C=O) groups excluding carboxylic acids is 2. The van der Waals surface area contributed by atoms with E-state index in [1.165, 1.54) is 0 Å². The highest BCUT2D eigenvalue weighted by atomic mass is 35.5. The molecule has 0 aromatic heterocycles. The lowest BCUT2D eigenvalue weighted by molar-refractivity contribution is -0.123. The Balaban J connectivity index is 0.00000420. The van der Waals surface area contributed by atoms with Gasteiger partial charge in [0.15, 0.2) is 0 Å². The average Bonchev–Trinajstić information content (AvgIpc) is 2.72. The van der Waals surface area contributed by atoms with E-state index in [1.807, 2.05) is 63.2 Å². The second-order valence-electron chi connectivity index (χ2n) is 7.25. The summed E-state index contributed by atoms with van der Waals surface area (Å²) in [6.07, 6.45) is 1.68. The first kappa shape index (κ1) is 24.7. The third-order valence-electron chi connectivity index (χ3n) is 5.36. The van der Waals surface area contributed by atoms with Crippen molar-refractivity contribution in [2.45, 2.75) is 51.6 Å². The Kier molecular flexibility index (Phi) is 9.86. The van der Waals surface area contributed by atoms with E-state index in [9.17, 15) is 9.59 Å². The molecule has 4 N–H and O–H groups in total. The normalized spacial score (nSPS) is 11.9. The van der Waals surface area contributed by atoms with Crippen molar-refractivity contribution in [1.82, 2.24) is 10.6 Å². The van der Waals surface area contributed by atoms with Crippen LogP contribution in [-0.4, -0.2) is 23.9 Å². The van der Waals surface area contributed by atoms with Crippen molar-refractivity contribution in [1.29, 1.82) is 0 Å². The number of nitrogens with one attached hydrogen (secondary N) is 2. The maximum Gasteiger partial charge on any atom is 0.251 e. The first-order valence-corrected chi connectivity index (χ1v) is 9.86. The molecule has 0 aliphatic rings. The molecule has 2 aromatic rings. The highest BCUT2D eigenvalue weighted by Crippen LogP contribution is 2.20. The van der Waals surface area contributed by atoms with Crippen molar-refractivity contribution in [2.75, 3.05) is 6.54 Å². The van der Waals surface area contributed by atoms with Crippen molar-refractivity contribution in [3.63, 3.8) is 0 Å². The summed E-state index contributed by atoms with van der Waals surface area (Å²) < 4.78 is 0. The number of aryl methyl sites for hydroxylation is 1. The molecule has 158 valence electrons. The van der Waals surface area contributed by atoms with Gasteiger partial charge in [0.1, 0.15) is 0 Å². The number of hydrogen-bond acceptors (Lipinski definition) is 3. The van der Waals surface area contributed by atoms with Gasteiger partial charge in [-0.3, -0.25) is 9.59 Å². The molecule has 0 bridgehead atoms. The summed E-state index contributed by atoms with van der Waals surface area (Å²) in [5, 5.41) is 6.09. The Labute approximate surface area is 179 Å². The summed E-state index contributed by atoms with van der Waals surface area (Å²) in [4.78, 5) is 25.5. The third-order valence-corrected chi connectivity index (χ3v) is 5.36. The minimum Gasteiger partial charge on any atom is -0.349 e. The van der Waals surface area contributed by atoms with Gasteiger partial charge in [-0.15, -0.1) is 12.4 Å². The molecular formula is C23H32ClN3O2. The quantitative estimate of drug-likeness (QED) is 0.578. The standard InChI is InChI=1S/C23H31N3O2.ClH/c1-4-23(5-2,16-24)26-21(27)15-20(18-9-7-6-8-10-18)25-22(28)19-13-11-17(3)12-14-19;/h6-14,20H,4-5,15-16,24H2,1-3H3,(H,25,28)(H,26,27);1H. The average molecular weight is 418 g/mol. The second-order valence-corrected chi connectivity index (χ2v) is 7.25. The lowest BCUT2D eigenvalue weighted by Crippen LogP contribution is -2.53. The fourth-order valence-corrected chi connectivity index (χ4v) is 3.18. The zero-order valence-corrected chi connectivity index (χ0v) is 18.2. The summed E-state index contributed by atoms with van der Waals surface area (Å²) in [6, 6.07) is 16.5. The van der Waals surface area contributed by atoms with Crippen LogP contribution >= 0.6 is 12.4 Å². The van der Waals surface area contributed by atoms with Crippen LogP contribution in [0.15, 0.2) is 54.6 Å². The fourth-order valence-electron chi connectivity index (χ4n) is 3.18. The lowest BCUT2D eigenvalue weighted by Gasteiger charge is -2.32. The first-order valence-electron chi connectivity index (χ1n) is 9.86. The zero-order chi connectivity index (χ0) is 20.6. The molecule has 5 nitrogen and oxygen atoms in total. The molecule has 0 saturated carbocycles. The minimum atomic E-state index is -0.417. The van der Waals surface area contributed by atoms with Gasteiger partial charge in [-0.2, -0.15) is 0 Å². The predicted octanol–water partition coefficient (Wildman–Crippen LogP) is 3.91. The molecule has 1 atom stereocenters. The van der Waals surface area contributed by atoms with Crippen molar-refractivity contribution in [3.8, 4) is 0 Å². The third kappa shape index (κ3) is 6.87. The van der Waals surface area contributed by atoms with E-state index >= 15 is 0 Å². The molecule has 6 heteroatoms. The van der Waals surface area contributed by atoms with Crippen molar-refractivity contribution < 1.29 is 9.59 Å². The summed E-state index contributed by atoms with van der Waals surface area (Å²) in [5.41, 5.74) is 8.06. The van der Waals surface area contributed by atoms with Crippen molar-refractivity contribution in [2.24, 2.45) is 5.73 Å². The van der Waals surface area contributed by atoms with E-state index in [2.05, 4.69) is 10.6 Å². The number of carbonyl (C=O) groups is 2. The maximum atomic E-state index is 12.8. The van der Waals surface area contributed by atoms with Gasteiger partial charge in [0.25, 0.3) is 5.91 Å². The number of hydrogen-bond donors (Lipinski definition) is 3. The van der Waals surface area contributed by atoms with Crippen LogP contribution < -0.4 is 16.4 Å². The number of halogens is 1. The molecule has 0 aliphatic carbocycles. The van der Waals surface area contributed by atoms with Gasteiger partial charge >= 0.3 is 0 Å². The largest absolute Gasteiger partial charge is 0.349 e. The molecule has 0 heterocycles.